The van der Waals surface area contributed by atoms with Crippen LogP contribution in [-0.4, -0.2) is 32.1 Å². The Labute approximate surface area is 47.9 Å². The molecule has 5 nitrogen and oxygen atoms in total. The fraction of sp³-hybridized carbons (Fsp3) is 1.00. The topological polar surface area (TPSA) is 69.6 Å². The first kappa shape index (κ1) is 7.83. The summed E-state index contributed by atoms with van der Waals surface area (Å²) in [6.45, 7) is 0. The number of hydroxylamine groups is 1. The van der Waals surface area contributed by atoms with Gasteiger partial charge in [-0.05, 0) is 0 Å². The van der Waals surface area contributed by atoms with E-state index in [2.05, 4.69) is 0 Å². The molecule has 2 N–H and O–H groups in total. The largest absolute Gasteiger partial charge is 0.298 e. The van der Waals surface area contributed by atoms with Gasteiger partial charge in [-0.2, -0.15) is 0 Å². The Balaban J connectivity index is 3.75. The van der Waals surface area contributed by atoms with E-state index in [1.54, 1.807) is 4.83 Å². The quantitative estimate of drug-likeness (QED) is 0.471. The van der Waals surface area contributed by atoms with Gasteiger partial charge in [0.05, 0.1) is 6.26 Å². The number of hydrogen-bond acceptors (Lipinski definition) is 4. The molecule has 0 aromatic carbocycles. The lowest BCUT2D eigenvalue weighted by Gasteiger charge is -2.05. The number of nitrogens with one attached hydrogen (secondary N) is 1. The van der Waals surface area contributed by atoms with Gasteiger partial charge in [0.2, 0.25) is 10.0 Å². The van der Waals surface area contributed by atoms with Gasteiger partial charge < -0.3 is 0 Å². The van der Waals surface area contributed by atoms with Gasteiger partial charge in [-0.25, -0.2) is 8.42 Å². The van der Waals surface area contributed by atoms with Crippen LogP contribution >= 0.6 is 0 Å². The Morgan fingerprint density at radius 2 is 2.00 bits per heavy atom. The Morgan fingerprint density at radius 3 is 2.00 bits per heavy atom. The normalized spacial score (nSPS) is 12.5. The molecule has 0 aliphatic carbocycles. The molecular weight excluding hydrogens is 132 g/mol. The summed E-state index contributed by atoms with van der Waals surface area (Å²) < 4.78 is 20.3. The average molecular weight is 140 g/mol. The second-order valence-corrected chi connectivity index (χ2v) is 3.11. The molecule has 0 aliphatic rings. The minimum atomic E-state index is -3.30. The fourth-order valence-electron chi connectivity index (χ4n) is 0.240. The van der Waals surface area contributed by atoms with E-state index in [1.807, 2.05) is 0 Å². The first-order chi connectivity index (χ1) is 3.42. The summed E-state index contributed by atoms with van der Waals surface area (Å²) in [7, 11) is -2.13. The van der Waals surface area contributed by atoms with Crippen LogP contribution in [0.4, 0.5) is 0 Å². The molecule has 0 aliphatic heterocycles. The van der Waals surface area contributed by atoms with Gasteiger partial charge in [0, 0.05) is 7.05 Å². The molecular formula is C2H8N2O3S. The van der Waals surface area contributed by atoms with Crippen molar-refractivity contribution in [3.63, 3.8) is 0 Å². The molecule has 50 valence electrons. The highest BCUT2D eigenvalue weighted by Gasteiger charge is 1.99. The number of hydrazine groups is 1. The van der Waals surface area contributed by atoms with Crippen molar-refractivity contribution in [1.82, 2.24) is 10.0 Å². The van der Waals surface area contributed by atoms with Crippen LogP contribution in [0.1, 0.15) is 0 Å². The first-order valence-corrected chi connectivity index (χ1v) is 3.71. The second kappa shape index (κ2) is 2.40. The van der Waals surface area contributed by atoms with Crippen LogP contribution in [0.3, 0.4) is 0 Å². The van der Waals surface area contributed by atoms with E-state index in [9.17, 15) is 8.42 Å². The van der Waals surface area contributed by atoms with Crippen LogP contribution < -0.4 is 4.83 Å². The van der Waals surface area contributed by atoms with Gasteiger partial charge >= 0.3 is 0 Å². The van der Waals surface area contributed by atoms with Crippen molar-refractivity contribution >= 4 is 10.0 Å². The summed E-state index contributed by atoms with van der Waals surface area (Å²) in [6.07, 6.45) is 0.944. The van der Waals surface area contributed by atoms with E-state index in [0.29, 0.717) is 5.17 Å². The smallest absolute Gasteiger partial charge is 0.223 e. The zero-order valence-corrected chi connectivity index (χ0v) is 5.44. The summed E-state index contributed by atoms with van der Waals surface area (Å²) in [5, 5.41) is 8.60. The van der Waals surface area contributed by atoms with Crippen molar-refractivity contribution in [3.05, 3.63) is 0 Å². The Morgan fingerprint density at radius 1 is 1.62 bits per heavy atom. The van der Waals surface area contributed by atoms with E-state index in [-0.39, 0.29) is 0 Å². The summed E-state index contributed by atoms with van der Waals surface area (Å²) in [5.41, 5.74) is 0. The molecule has 0 saturated heterocycles. The van der Waals surface area contributed by atoms with Crippen LogP contribution in [0, 0.1) is 0 Å². The molecule has 0 bridgehead atoms. The molecule has 0 aromatic rings. The molecule has 0 saturated carbocycles. The molecule has 0 spiro atoms. The molecule has 0 aromatic heterocycles. The van der Waals surface area contributed by atoms with E-state index in [0.717, 1.165) is 6.26 Å². The van der Waals surface area contributed by atoms with Crippen LogP contribution in [0.5, 0.6) is 0 Å². The van der Waals surface area contributed by atoms with Crippen LogP contribution in [0.15, 0.2) is 0 Å². The van der Waals surface area contributed by atoms with Crippen LogP contribution in [-0.2, 0) is 10.0 Å². The highest BCUT2D eigenvalue weighted by atomic mass is 32.2. The molecule has 0 unspecified atom stereocenters. The predicted molar refractivity (Wildman–Crippen MR) is 27.5 cm³/mol. The third-order valence-electron chi connectivity index (χ3n) is 0.298. The molecule has 0 radical (unpaired) electrons. The maximum absolute atomic E-state index is 10.1. The molecule has 6 heteroatoms. The molecule has 0 rings (SSSR count). The first-order valence-electron chi connectivity index (χ1n) is 1.82. The van der Waals surface area contributed by atoms with E-state index < -0.39 is 10.0 Å². The zero-order chi connectivity index (χ0) is 6.78. The molecule has 0 fully saturated rings. The second-order valence-electron chi connectivity index (χ2n) is 1.39. The summed E-state index contributed by atoms with van der Waals surface area (Å²) >= 11 is 0. The number of sulfonamides is 1. The van der Waals surface area contributed by atoms with E-state index in [1.165, 1.54) is 7.05 Å². The van der Waals surface area contributed by atoms with Gasteiger partial charge in [0.1, 0.15) is 0 Å². The van der Waals surface area contributed by atoms with Gasteiger partial charge in [0.25, 0.3) is 0 Å². The third kappa shape index (κ3) is 5.83. The highest BCUT2D eigenvalue weighted by molar-refractivity contribution is 7.88. The number of hydrogen-bond donors (Lipinski definition) is 2. The summed E-state index contributed by atoms with van der Waals surface area (Å²) in [5.74, 6) is 0. The summed E-state index contributed by atoms with van der Waals surface area (Å²) in [6, 6.07) is 0. The molecule has 8 heavy (non-hydrogen) atoms. The molecule has 0 heterocycles. The van der Waals surface area contributed by atoms with Gasteiger partial charge in [0.15, 0.2) is 0 Å². The Bertz CT molecular complexity index is 149. The maximum atomic E-state index is 10.1. The van der Waals surface area contributed by atoms with Crippen molar-refractivity contribution in [2.45, 2.75) is 0 Å². The van der Waals surface area contributed by atoms with Crippen LogP contribution in [0.25, 0.3) is 0 Å². The Hall–Kier alpha value is -0.170. The highest BCUT2D eigenvalue weighted by Crippen LogP contribution is 1.71. The zero-order valence-electron chi connectivity index (χ0n) is 4.62. The lowest BCUT2D eigenvalue weighted by molar-refractivity contribution is -0.0869. The van der Waals surface area contributed by atoms with E-state index in [4.69, 9.17) is 5.21 Å². The van der Waals surface area contributed by atoms with Crippen molar-refractivity contribution in [2.24, 2.45) is 0 Å². The number of rotatable bonds is 2. The Kier molecular flexibility index (Phi) is 2.35. The van der Waals surface area contributed by atoms with E-state index >= 15 is 0 Å². The van der Waals surface area contributed by atoms with Crippen molar-refractivity contribution < 1.29 is 13.6 Å². The number of nitrogens with zero attached hydrogens (tertiary/aromatic N) is 1. The monoisotopic (exact) mass is 140 g/mol. The fourth-order valence-corrected chi connectivity index (χ4v) is 0.720. The molecule has 0 atom stereocenters. The lowest BCUT2D eigenvalue weighted by atomic mass is 11.5. The summed E-state index contributed by atoms with van der Waals surface area (Å²) in [4.78, 5) is 1.74. The van der Waals surface area contributed by atoms with Gasteiger partial charge in [-0.1, -0.05) is 0 Å². The minimum Gasteiger partial charge on any atom is -0.298 e. The van der Waals surface area contributed by atoms with Crippen molar-refractivity contribution in [2.75, 3.05) is 13.3 Å². The SMILES string of the molecule is CN(O)NS(C)(=O)=O. The van der Waals surface area contributed by atoms with Crippen molar-refractivity contribution in [3.8, 4) is 0 Å². The predicted octanol–water partition coefficient (Wildman–Crippen LogP) is -1.23. The van der Waals surface area contributed by atoms with Crippen molar-refractivity contribution in [1.29, 1.82) is 0 Å². The van der Waals surface area contributed by atoms with Crippen LogP contribution in [0.2, 0.25) is 0 Å². The molecule has 0 amide bonds. The lowest BCUT2D eigenvalue weighted by Crippen LogP contribution is -2.35. The standard InChI is InChI=1S/C2H8N2O3S/c1-4(5)3-8(2,6)7/h3,5H,1-2H3. The minimum absolute atomic E-state index is 0.370. The van der Waals surface area contributed by atoms with Gasteiger partial charge in [-0.15, -0.1) is 10.0 Å². The third-order valence-corrected chi connectivity index (χ3v) is 0.894. The average Bonchev–Trinajstić information content (AvgIpc) is 1.21. The van der Waals surface area contributed by atoms with Gasteiger partial charge in [-0.3, -0.25) is 5.21 Å². The maximum Gasteiger partial charge on any atom is 0.223 e.